The van der Waals surface area contributed by atoms with E-state index >= 15 is 0 Å². The second-order valence-electron chi connectivity index (χ2n) is 8.01. The largest absolute Gasteiger partial charge is 0.349 e. The summed E-state index contributed by atoms with van der Waals surface area (Å²) >= 11 is 0. The third-order valence-corrected chi connectivity index (χ3v) is 5.87. The van der Waals surface area contributed by atoms with Crippen LogP contribution in [0.15, 0.2) is 60.7 Å². The number of likely N-dealkylation sites (tertiary alicyclic amines) is 1. The molecule has 2 saturated heterocycles. The average Bonchev–Trinajstić information content (AvgIpc) is 3.24. The molecule has 2 heterocycles. The summed E-state index contributed by atoms with van der Waals surface area (Å²) in [6.45, 7) is 2.02. The fourth-order valence-corrected chi connectivity index (χ4v) is 4.06. The molecule has 0 bridgehead atoms. The average molecular weight is 418 g/mol. The molecule has 0 spiro atoms. The third kappa shape index (κ3) is 5.20. The Bertz CT molecular complexity index is 961. The van der Waals surface area contributed by atoms with E-state index in [0.29, 0.717) is 25.1 Å². The zero-order chi connectivity index (χ0) is 21.6. The lowest BCUT2D eigenvalue weighted by Gasteiger charge is -2.31. The number of nitrogens with zero attached hydrogens (tertiary/aromatic N) is 2. The Kier molecular flexibility index (Phi) is 6.46. The SMILES string of the molecule is O=C(NC1CCN(C(=O)/C=C/c2ccc(N3CCCC3=O)cc2)CC1)c1ccccc1. The third-order valence-electron chi connectivity index (χ3n) is 5.87. The Balaban J connectivity index is 1.25. The fraction of sp³-hybridized carbons (Fsp3) is 0.320. The molecule has 0 aromatic heterocycles. The van der Waals surface area contributed by atoms with Gasteiger partial charge in [0, 0.05) is 49.4 Å². The van der Waals surface area contributed by atoms with Crippen molar-refractivity contribution < 1.29 is 14.4 Å². The number of hydrogen-bond acceptors (Lipinski definition) is 3. The standard InChI is InChI=1S/C25H27N3O3/c29-23(13-10-19-8-11-22(12-9-19)28-16-4-7-24(28)30)27-17-14-21(15-18-27)26-25(31)20-5-2-1-3-6-20/h1-3,5-6,8-13,21H,4,7,14-18H2,(H,26,31)/b13-10+. The molecule has 1 N–H and O–H groups in total. The number of hydrogen-bond donors (Lipinski definition) is 1. The number of piperidine rings is 1. The molecular weight excluding hydrogens is 390 g/mol. The van der Waals surface area contributed by atoms with Crippen LogP contribution in [0.4, 0.5) is 5.69 Å². The molecule has 0 atom stereocenters. The first-order chi connectivity index (χ1) is 15.1. The van der Waals surface area contributed by atoms with E-state index in [4.69, 9.17) is 0 Å². The summed E-state index contributed by atoms with van der Waals surface area (Å²) < 4.78 is 0. The summed E-state index contributed by atoms with van der Waals surface area (Å²) in [5.41, 5.74) is 2.49. The molecule has 0 unspecified atom stereocenters. The molecule has 2 aliphatic rings. The highest BCUT2D eigenvalue weighted by atomic mass is 16.2. The van der Waals surface area contributed by atoms with Gasteiger partial charge in [-0.2, -0.15) is 0 Å². The highest BCUT2D eigenvalue weighted by Crippen LogP contribution is 2.22. The van der Waals surface area contributed by atoms with Crippen LogP contribution >= 0.6 is 0 Å². The lowest BCUT2D eigenvalue weighted by molar-refractivity contribution is -0.127. The molecule has 3 amide bonds. The van der Waals surface area contributed by atoms with Crippen LogP contribution < -0.4 is 10.2 Å². The number of nitrogens with one attached hydrogen (secondary N) is 1. The zero-order valence-electron chi connectivity index (χ0n) is 17.5. The van der Waals surface area contributed by atoms with Crippen LogP contribution in [0.5, 0.6) is 0 Å². The molecular formula is C25H27N3O3. The van der Waals surface area contributed by atoms with Crippen molar-refractivity contribution in [1.82, 2.24) is 10.2 Å². The van der Waals surface area contributed by atoms with Crippen LogP contribution in [0.25, 0.3) is 6.08 Å². The summed E-state index contributed by atoms with van der Waals surface area (Å²) in [5.74, 6) is 0.0813. The lowest BCUT2D eigenvalue weighted by atomic mass is 10.0. The summed E-state index contributed by atoms with van der Waals surface area (Å²) in [6.07, 6.45) is 6.41. The Morgan fingerprint density at radius 3 is 2.29 bits per heavy atom. The molecule has 0 radical (unpaired) electrons. The first-order valence-electron chi connectivity index (χ1n) is 10.8. The predicted octanol–water partition coefficient (Wildman–Crippen LogP) is 3.25. The molecule has 2 fully saturated rings. The monoisotopic (exact) mass is 417 g/mol. The topological polar surface area (TPSA) is 69.7 Å². The van der Waals surface area contributed by atoms with Crippen LogP contribution in [0.1, 0.15) is 41.6 Å². The van der Waals surface area contributed by atoms with E-state index in [1.54, 1.807) is 29.2 Å². The van der Waals surface area contributed by atoms with E-state index in [2.05, 4.69) is 5.32 Å². The number of benzene rings is 2. The van der Waals surface area contributed by atoms with Gasteiger partial charge in [0.25, 0.3) is 5.91 Å². The van der Waals surface area contributed by atoms with E-state index in [1.165, 1.54) is 0 Å². The maximum atomic E-state index is 12.5. The first-order valence-corrected chi connectivity index (χ1v) is 10.8. The summed E-state index contributed by atoms with van der Waals surface area (Å²) in [5, 5.41) is 3.06. The Morgan fingerprint density at radius 1 is 0.935 bits per heavy atom. The van der Waals surface area contributed by atoms with Crippen molar-refractivity contribution in [2.75, 3.05) is 24.5 Å². The molecule has 0 aliphatic carbocycles. The molecule has 2 aromatic rings. The van der Waals surface area contributed by atoms with Crippen LogP contribution in [0.3, 0.4) is 0 Å². The smallest absolute Gasteiger partial charge is 0.251 e. The van der Waals surface area contributed by atoms with Gasteiger partial charge in [0.15, 0.2) is 0 Å². The fourth-order valence-electron chi connectivity index (χ4n) is 4.06. The molecule has 6 heteroatoms. The maximum Gasteiger partial charge on any atom is 0.251 e. The van der Waals surface area contributed by atoms with Gasteiger partial charge in [-0.1, -0.05) is 30.3 Å². The minimum atomic E-state index is -0.0654. The molecule has 2 aromatic carbocycles. The van der Waals surface area contributed by atoms with Gasteiger partial charge in [0.05, 0.1) is 0 Å². The maximum absolute atomic E-state index is 12.5. The zero-order valence-corrected chi connectivity index (χ0v) is 17.5. The van der Waals surface area contributed by atoms with Crippen molar-refractivity contribution in [3.63, 3.8) is 0 Å². The van der Waals surface area contributed by atoms with Crippen molar-refractivity contribution in [3.8, 4) is 0 Å². The molecule has 0 saturated carbocycles. The quantitative estimate of drug-likeness (QED) is 0.760. The highest BCUT2D eigenvalue weighted by Gasteiger charge is 2.23. The van der Waals surface area contributed by atoms with Gasteiger partial charge in [-0.3, -0.25) is 14.4 Å². The Labute approximate surface area is 182 Å². The van der Waals surface area contributed by atoms with Gasteiger partial charge in [-0.15, -0.1) is 0 Å². The Morgan fingerprint density at radius 2 is 1.65 bits per heavy atom. The molecule has 160 valence electrons. The van der Waals surface area contributed by atoms with Crippen LogP contribution in [-0.2, 0) is 9.59 Å². The number of carbonyl (C=O) groups excluding carboxylic acids is 3. The predicted molar refractivity (Wildman–Crippen MR) is 121 cm³/mol. The van der Waals surface area contributed by atoms with Crippen LogP contribution in [0, 0.1) is 0 Å². The minimum Gasteiger partial charge on any atom is -0.349 e. The van der Waals surface area contributed by atoms with Gasteiger partial charge >= 0.3 is 0 Å². The number of anilines is 1. The Hall–Kier alpha value is -3.41. The number of amides is 3. The molecule has 2 aliphatic heterocycles. The molecule has 4 rings (SSSR count). The van der Waals surface area contributed by atoms with Crippen molar-refractivity contribution in [2.24, 2.45) is 0 Å². The van der Waals surface area contributed by atoms with Gasteiger partial charge in [0.2, 0.25) is 11.8 Å². The van der Waals surface area contributed by atoms with E-state index < -0.39 is 0 Å². The summed E-state index contributed by atoms with van der Waals surface area (Å²) in [7, 11) is 0. The van der Waals surface area contributed by atoms with Crippen LogP contribution in [-0.4, -0.2) is 48.3 Å². The van der Waals surface area contributed by atoms with Gasteiger partial charge < -0.3 is 15.1 Å². The highest BCUT2D eigenvalue weighted by molar-refractivity contribution is 5.96. The van der Waals surface area contributed by atoms with Crippen molar-refractivity contribution in [2.45, 2.75) is 31.7 Å². The van der Waals surface area contributed by atoms with Crippen molar-refractivity contribution >= 4 is 29.5 Å². The second-order valence-corrected chi connectivity index (χ2v) is 8.01. The van der Waals surface area contributed by atoms with Gasteiger partial charge in [-0.25, -0.2) is 0 Å². The second kappa shape index (κ2) is 9.60. The van der Waals surface area contributed by atoms with E-state index in [-0.39, 0.29) is 23.8 Å². The van der Waals surface area contributed by atoms with E-state index in [0.717, 1.165) is 37.1 Å². The normalized spacial score (nSPS) is 17.4. The van der Waals surface area contributed by atoms with Crippen molar-refractivity contribution in [1.29, 1.82) is 0 Å². The molecule has 31 heavy (non-hydrogen) atoms. The van der Waals surface area contributed by atoms with Crippen molar-refractivity contribution in [3.05, 3.63) is 71.8 Å². The minimum absolute atomic E-state index is 0.0216. The van der Waals surface area contributed by atoms with Crippen LogP contribution in [0.2, 0.25) is 0 Å². The van der Waals surface area contributed by atoms with E-state index in [9.17, 15) is 14.4 Å². The van der Waals surface area contributed by atoms with Gasteiger partial charge in [0.1, 0.15) is 0 Å². The lowest BCUT2D eigenvalue weighted by Crippen LogP contribution is -2.46. The summed E-state index contributed by atoms with van der Waals surface area (Å²) in [4.78, 5) is 40.3. The van der Waals surface area contributed by atoms with Gasteiger partial charge in [-0.05, 0) is 55.2 Å². The number of rotatable bonds is 5. The first kappa shape index (κ1) is 20.8. The number of carbonyl (C=O) groups is 3. The summed E-state index contributed by atoms with van der Waals surface area (Å²) in [6, 6.07) is 17.0. The van der Waals surface area contributed by atoms with E-state index in [1.807, 2.05) is 47.4 Å². The molecule has 6 nitrogen and oxygen atoms in total.